The first-order chi connectivity index (χ1) is 13.6. The summed E-state index contributed by atoms with van der Waals surface area (Å²) in [6, 6.07) is 6.54. The molecule has 1 aromatic carbocycles. The summed E-state index contributed by atoms with van der Waals surface area (Å²) in [5.41, 5.74) is 3.39. The van der Waals surface area contributed by atoms with E-state index in [0.717, 1.165) is 35.4 Å². The van der Waals surface area contributed by atoms with Crippen LogP contribution < -0.4 is 0 Å². The molecule has 0 saturated heterocycles. The molecule has 1 saturated carbocycles. The average molecular weight is 380 g/mol. The third-order valence-corrected chi connectivity index (χ3v) is 4.87. The third-order valence-electron chi connectivity index (χ3n) is 4.87. The van der Waals surface area contributed by atoms with Crippen LogP contribution in [0, 0.1) is 12.7 Å². The Labute approximate surface area is 164 Å². The number of halogens is 1. The van der Waals surface area contributed by atoms with Crippen molar-refractivity contribution in [3.05, 3.63) is 54.6 Å². The third kappa shape index (κ3) is 4.16. The highest BCUT2D eigenvalue weighted by Crippen LogP contribution is 2.36. The molecule has 0 N–H and O–H groups in total. The molecule has 1 aliphatic rings. The number of rotatable bonds is 3. The summed E-state index contributed by atoms with van der Waals surface area (Å²) in [6.07, 6.45) is 8.19. The fraction of sp³-hybridized carbons (Fsp3) is 0.364. The number of aryl methyl sites for hydroxylation is 1. The van der Waals surface area contributed by atoms with Crippen LogP contribution in [0.15, 0.2) is 43.0 Å². The largest absolute Gasteiger partial charge is 0.327 e. The van der Waals surface area contributed by atoms with Crippen LogP contribution in [0.5, 0.6) is 0 Å². The number of Topliss-reactive ketones (excluding diaryl/α,β-unsaturated/α-hetero) is 1. The predicted molar refractivity (Wildman–Crippen MR) is 107 cm³/mol. The monoisotopic (exact) mass is 380 g/mol. The lowest BCUT2D eigenvalue weighted by Gasteiger charge is -2.24. The Kier molecular flexibility index (Phi) is 6.29. The number of carbonyl (C=O) groups excluding carboxylic acids is 1. The van der Waals surface area contributed by atoms with Crippen molar-refractivity contribution in [2.24, 2.45) is 0 Å². The molecule has 2 heterocycles. The van der Waals surface area contributed by atoms with Crippen LogP contribution in [0.2, 0.25) is 0 Å². The molecule has 0 amide bonds. The van der Waals surface area contributed by atoms with Gasteiger partial charge in [0.05, 0.1) is 17.7 Å². The summed E-state index contributed by atoms with van der Waals surface area (Å²) in [5, 5.41) is 0. The fourth-order valence-electron chi connectivity index (χ4n) is 3.46. The van der Waals surface area contributed by atoms with Crippen LogP contribution in [0.1, 0.15) is 51.4 Å². The minimum Gasteiger partial charge on any atom is -0.327 e. The second-order valence-corrected chi connectivity index (χ2v) is 6.64. The van der Waals surface area contributed by atoms with Crippen LogP contribution >= 0.6 is 0 Å². The normalized spacial score (nSPS) is 14.5. The van der Waals surface area contributed by atoms with Gasteiger partial charge in [-0.05, 0) is 44.0 Å². The molecule has 4 rings (SSSR count). The predicted octanol–water partition coefficient (Wildman–Crippen LogP) is 5.17. The van der Waals surface area contributed by atoms with E-state index in [4.69, 9.17) is 0 Å². The van der Waals surface area contributed by atoms with Crippen molar-refractivity contribution < 1.29 is 9.18 Å². The number of imidazole rings is 1. The number of nitrogens with zero attached hydrogens (tertiary/aromatic N) is 4. The van der Waals surface area contributed by atoms with Crippen molar-refractivity contribution in [3.8, 4) is 22.5 Å². The van der Waals surface area contributed by atoms with Gasteiger partial charge in [0.15, 0.2) is 0 Å². The first-order valence-corrected chi connectivity index (χ1v) is 9.75. The van der Waals surface area contributed by atoms with Crippen molar-refractivity contribution in [2.45, 2.75) is 52.5 Å². The van der Waals surface area contributed by atoms with Gasteiger partial charge in [0, 0.05) is 42.4 Å². The molecule has 28 heavy (non-hydrogen) atoms. The average Bonchev–Trinajstić information content (AvgIpc) is 3.16. The van der Waals surface area contributed by atoms with Gasteiger partial charge in [-0.15, -0.1) is 0 Å². The van der Waals surface area contributed by atoms with Gasteiger partial charge in [-0.1, -0.05) is 13.8 Å². The molecule has 2 aromatic heterocycles. The molecule has 0 aliphatic heterocycles. The molecule has 6 heteroatoms. The number of hydrogen-bond acceptors (Lipinski definition) is 4. The zero-order chi connectivity index (χ0) is 20.1. The van der Waals surface area contributed by atoms with Gasteiger partial charge in [-0.2, -0.15) is 0 Å². The van der Waals surface area contributed by atoms with E-state index < -0.39 is 0 Å². The molecule has 0 spiro atoms. The van der Waals surface area contributed by atoms with Gasteiger partial charge < -0.3 is 4.57 Å². The topological polar surface area (TPSA) is 60.7 Å². The van der Waals surface area contributed by atoms with Gasteiger partial charge in [-0.3, -0.25) is 4.79 Å². The first-order valence-electron chi connectivity index (χ1n) is 9.75. The van der Waals surface area contributed by atoms with E-state index in [2.05, 4.69) is 19.5 Å². The van der Waals surface area contributed by atoms with E-state index >= 15 is 0 Å². The van der Waals surface area contributed by atoms with Gasteiger partial charge in [0.25, 0.3) is 0 Å². The molecule has 1 aliphatic carbocycles. The molecule has 0 radical (unpaired) electrons. The Morgan fingerprint density at radius 1 is 0.964 bits per heavy atom. The molecule has 3 aromatic rings. The van der Waals surface area contributed by atoms with Gasteiger partial charge in [-0.25, -0.2) is 19.3 Å². The SMILES string of the molecule is CC.Cc1ncc(-c2c(-c3ccc(F)cc3)ncn2C2CCC(=O)CC2)cn1. The fourth-order valence-corrected chi connectivity index (χ4v) is 3.46. The summed E-state index contributed by atoms with van der Waals surface area (Å²) in [6.45, 7) is 5.84. The van der Waals surface area contributed by atoms with E-state index in [-0.39, 0.29) is 11.9 Å². The first kappa shape index (κ1) is 19.9. The van der Waals surface area contributed by atoms with Crippen molar-refractivity contribution in [3.63, 3.8) is 0 Å². The molecule has 1 fully saturated rings. The highest BCUT2D eigenvalue weighted by Gasteiger charge is 2.25. The highest BCUT2D eigenvalue weighted by atomic mass is 19.1. The zero-order valence-electron chi connectivity index (χ0n) is 16.5. The maximum atomic E-state index is 13.3. The van der Waals surface area contributed by atoms with Crippen molar-refractivity contribution in [1.29, 1.82) is 0 Å². The molecule has 0 unspecified atom stereocenters. The van der Waals surface area contributed by atoms with Crippen molar-refractivity contribution >= 4 is 5.78 Å². The van der Waals surface area contributed by atoms with E-state index in [1.54, 1.807) is 24.5 Å². The summed E-state index contributed by atoms with van der Waals surface area (Å²) < 4.78 is 15.4. The lowest BCUT2D eigenvalue weighted by atomic mass is 9.93. The molecule has 5 nitrogen and oxygen atoms in total. The number of ketones is 1. The summed E-state index contributed by atoms with van der Waals surface area (Å²) >= 11 is 0. The molecular weight excluding hydrogens is 355 g/mol. The minimum absolute atomic E-state index is 0.214. The Morgan fingerprint density at radius 3 is 2.18 bits per heavy atom. The maximum Gasteiger partial charge on any atom is 0.133 e. The molecule has 0 atom stereocenters. The maximum absolute atomic E-state index is 13.3. The Morgan fingerprint density at radius 2 is 1.57 bits per heavy atom. The number of aromatic nitrogens is 4. The number of hydrogen-bond donors (Lipinski definition) is 0. The number of benzene rings is 1. The van der Waals surface area contributed by atoms with Crippen LogP contribution in [0.4, 0.5) is 4.39 Å². The summed E-state index contributed by atoms with van der Waals surface area (Å²) in [4.78, 5) is 24.9. The molecular formula is C22H25FN4O. The van der Waals surface area contributed by atoms with Crippen molar-refractivity contribution in [1.82, 2.24) is 19.5 Å². The lowest BCUT2D eigenvalue weighted by molar-refractivity contribution is -0.120. The van der Waals surface area contributed by atoms with Crippen LogP contribution in [-0.2, 0) is 4.79 Å². The zero-order valence-corrected chi connectivity index (χ0v) is 16.5. The van der Waals surface area contributed by atoms with E-state index in [1.807, 2.05) is 27.1 Å². The Balaban J connectivity index is 0.00000109. The standard InChI is InChI=1S/C20H19FN4O.C2H6/c1-13-22-10-15(11-23-13)20-19(14-2-4-16(21)5-3-14)24-12-25(20)17-6-8-18(26)9-7-17;1-2/h2-5,10-12,17H,6-9H2,1H3;1-2H3. The summed E-state index contributed by atoms with van der Waals surface area (Å²) in [5.74, 6) is 0.742. The highest BCUT2D eigenvalue weighted by molar-refractivity contribution is 5.80. The van der Waals surface area contributed by atoms with E-state index in [9.17, 15) is 9.18 Å². The number of carbonyl (C=O) groups is 1. The van der Waals surface area contributed by atoms with Crippen LogP contribution in [-0.4, -0.2) is 25.3 Å². The van der Waals surface area contributed by atoms with Gasteiger partial charge >= 0.3 is 0 Å². The lowest BCUT2D eigenvalue weighted by Crippen LogP contribution is -2.18. The summed E-state index contributed by atoms with van der Waals surface area (Å²) in [7, 11) is 0. The van der Waals surface area contributed by atoms with Gasteiger partial charge in [0.2, 0.25) is 0 Å². The molecule has 146 valence electrons. The minimum atomic E-state index is -0.279. The van der Waals surface area contributed by atoms with E-state index in [1.165, 1.54) is 12.1 Å². The van der Waals surface area contributed by atoms with Crippen LogP contribution in [0.3, 0.4) is 0 Å². The smallest absolute Gasteiger partial charge is 0.133 e. The second-order valence-electron chi connectivity index (χ2n) is 6.64. The van der Waals surface area contributed by atoms with Gasteiger partial charge in [0.1, 0.15) is 17.4 Å². The van der Waals surface area contributed by atoms with E-state index in [0.29, 0.717) is 24.4 Å². The molecule has 0 bridgehead atoms. The quantitative estimate of drug-likeness (QED) is 0.629. The Bertz CT molecular complexity index is 922. The van der Waals surface area contributed by atoms with Crippen molar-refractivity contribution in [2.75, 3.05) is 0 Å². The Hall–Kier alpha value is -2.89. The second kappa shape index (κ2) is 8.87. The van der Waals surface area contributed by atoms with Crippen LogP contribution in [0.25, 0.3) is 22.5 Å².